The highest BCUT2D eigenvalue weighted by Crippen LogP contribution is 2.37. The molecule has 3 aromatic rings. The minimum atomic E-state index is -4.86. The van der Waals surface area contributed by atoms with Gasteiger partial charge in [0, 0.05) is 23.2 Å². The normalized spacial score (nSPS) is 12.4. The van der Waals surface area contributed by atoms with E-state index in [1.165, 1.54) is 6.92 Å². The Kier molecular flexibility index (Phi) is 5.40. The third-order valence-electron chi connectivity index (χ3n) is 4.33. The summed E-state index contributed by atoms with van der Waals surface area (Å²) in [4.78, 5) is 22.3. The number of nitrogens with one attached hydrogen (secondary N) is 2. The number of non-ortho nitro benzene ring substituents is 1. The molecule has 6 nitrogen and oxygen atoms in total. The quantitative estimate of drug-likeness (QED) is 0.453. The van der Waals surface area contributed by atoms with Gasteiger partial charge in [0.05, 0.1) is 16.2 Å². The lowest BCUT2D eigenvalue weighted by molar-refractivity contribution is -0.385. The number of carbonyl (C=O) groups is 1. The molecule has 0 saturated carbocycles. The van der Waals surface area contributed by atoms with E-state index in [0.29, 0.717) is 11.8 Å². The van der Waals surface area contributed by atoms with Crippen LogP contribution in [0.25, 0.3) is 10.8 Å². The Bertz CT molecular complexity index is 1080. The largest absolute Gasteiger partial charge is 0.418 e. The standard InChI is InChI=1S/C20H16F3N3O3/c1-12(24-17-8-4-6-13-5-2-3-7-15(13)17)19(27)25-18-10-9-14(26(28)29)11-16(18)20(21,22)23/h2-12,24H,1H3,(H,25,27)/t12-/m0/s1. The molecule has 3 aromatic carbocycles. The van der Waals surface area contributed by atoms with E-state index < -0.39 is 40.0 Å². The van der Waals surface area contributed by atoms with Crippen molar-refractivity contribution in [3.63, 3.8) is 0 Å². The van der Waals surface area contributed by atoms with Crippen LogP contribution in [0.4, 0.5) is 30.2 Å². The summed E-state index contributed by atoms with van der Waals surface area (Å²) in [5.74, 6) is -0.711. The number of alkyl halides is 3. The number of rotatable bonds is 5. The van der Waals surface area contributed by atoms with Crippen molar-refractivity contribution in [2.24, 2.45) is 0 Å². The summed E-state index contributed by atoms with van der Waals surface area (Å²) < 4.78 is 39.8. The predicted molar refractivity (Wildman–Crippen MR) is 104 cm³/mol. The van der Waals surface area contributed by atoms with Crippen LogP contribution in [0.3, 0.4) is 0 Å². The third kappa shape index (κ3) is 4.45. The molecule has 2 N–H and O–H groups in total. The van der Waals surface area contributed by atoms with Gasteiger partial charge < -0.3 is 10.6 Å². The van der Waals surface area contributed by atoms with Gasteiger partial charge in [0.1, 0.15) is 6.04 Å². The zero-order chi connectivity index (χ0) is 21.2. The van der Waals surface area contributed by atoms with Crippen LogP contribution in [0.2, 0.25) is 0 Å². The molecule has 0 aromatic heterocycles. The van der Waals surface area contributed by atoms with Crippen LogP contribution in [0.1, 0.15) is 12.5 Å². The van der Waals surface area contributed by atoms with Gasteiger partial charge in [-0.15, -0.1) is 0 Å². The molecular formula is C20H16F3N3O3. The second kappa shape index (κ2) is 7.78. The maximum Gasteiger partial charge on any atom is 0.418 e. The minimum Gasteiger partial charge on any atom is -0.373 e. The molecule has 9 heteroatoms. The van der Waals surface area contributed by atoms with Crippen molar-refractivity contribution in [1.29, 1.82) is 0 Å². The highest BCUT2D eigenvalue weighted by Gasteiger charge is 2.36. The fraction of sp³-hybridized carbons (Fsp3) is 0.150. The number of hydrogen-bond acceptors (Lipinski definition) is 4. The van der Waals surface area contributed by atoms with E-state index in [0.717, 1.165) is 22.9 Å². The van der Waals surface area contributed by atoms with E-state index in [4.69, 9.17) is 0 Å². The monoisotopic (exact) mass is 403 g/mol. The molecule has 1 amide bonds. The number of anilines is 2. The van der Waals surface area contributed by atoms with Gasteiger partial charge in [-0.05, 0) is 24.4 Å². The Hall–Kier alpha value is -3.62. The van der Waals surface area contributed by atoms with Crippen LogP contribution in [-0.4, -0.2) is 16.9 Å². The molecule has 150 valence electrons. The number of nitro benzene ring substituents is 1. The average Bonchev–Trinajstić information content (AvgIpc) is 2.67. The van der Waals surface area contributed by atoms with Gasteiger partial charge in [-0.25, -0.2) is 0 Å². The van der Waals surface area contributed by atoms with Crippen molar-refractivity contribution in [2.75, 3.05) is 10.6 Å². The van der Waals surface area contributed by atoms with Crippen molar-refractivity contribution < 1.29 is 22.9 Å². The molecule has 0 saturated heterocycles. The van der Waals surface area contributed by atoms with Crippen molar-refractivity contribution in [3.8, 4) is 0 Å². The maximum atomic E-state index is 13.3. The Labute approximate surface area is 163 Å². The van der Waals surface area contributed by atoms with Gasteiger partial charge >= 0.3 is 6.18 Å². The summed E-state index contributed by atoms with van der Waals surface area (Å²) in [7, 11) is 0. The lowest BCUT2D eigenvalue weighted by atomic mass is 10.1. The molecule has 3 rings (SSSR count). The highest BCUT2D eigenvalue weighted by atomic mass is 19.4. The van der Waals surface area contributed by atoms with Crippen LogP contribution in [0.5, 0.6) is 0 Å². The molecule has 0 unspecified atom stereocenters. The molecule has 0 bridgehead atoms. The van der Waals surface area contributed by atoms with Crippen LogP contribution in [0, 0.1) is 10.1 Å². The summed E-state index contributed by atoms with van der Waals surface area (Å²) in [5.41, 5.74) is -1.88. The third-order valence-corrected chi connectivity index (χ3v) is 4.33. The first kappa shape index (κ1) is 20.1. The number of hydrogen-bond donors (Lipinski definition) is 2. The fourth-order valence-electron chi connectivity index (χ4n) is 2.88. The zero-order valence-corrected chi connectivity index (χ0v) is 15.2. The molecular weight excluding hydrogens is 387 g/mol. The number of carbonyl (C=O) groups excluding carboxylic acids is 1. The highest BCUT2D eigenvalue weighted by molar-refractivity contribution is 6.00. The van der Waals surface area contributed by atoms with E-state index in [9.17, 15) is 28.1 Å². The van der Waals surface area contributed by atoms with Crippen molar-refractivity contribution in [3.05, 3.63) is 76.3 Å². The van der Waals surface area contributed by atoms with E-state index in [1.807, 2.05) is 30.3 Å². The average molecular weight is 403 g/mol. The van der Waals surface area contributed by atoms with Crippen LogP contribution < -0.4 is 10.6 Å². The number of amides is 1. The van der Waals surface area contributed by atoms with Crippen molar-refractivity contribution in [1.82, 2.24) is 0 Å². The summed E-state index contributed by atoms with van der Waals surface area (Å²) >= 11 is 0. The van der Waals surface area contributed by atoms with Gasteiger partial charge in [-0.3, -0.25) is 14.9 Å². The zero-order valence-electron chi connectivity index (χ0n) is 15.2. The molecule has 0 heterocycles. The predicted octanol–water partition coefficient (Wildman–Crippen LogP) is 5.21. The van der Waals surface area contributed by atoms with E-state index >= 15 is 0 Å². The lowest BCUT2D eigenvalue weighted by Crippen LogP contribution is -2.32. The molecule has 0 aliphatic carbocycles. The van der Waals surface area contributed by atoms with Crippen molar-refractivity contribution in [2.45, 2.75) is 19.1 Å². The van der Waals surface area contributed by atoms with E-state index in [-0.39, 0.29) is 0 Å². The molecule has 0 spiro atoms. The second-order valence-corrected chi connectivity index (χ2v) is 6.37. The SMILES string of the molecule is C[C@H](Nc1cccc2ccccc12)C(=O)Nc1ccc([N+](=O)[O-])cc1C(F)(F)F. The number of nitro groups is 1. The number of benzene rings is 3. The molecule has 0 fully saturated rings. The summed E-state index contributed by atoms with van der Waals surface area (Å²) in [6, 6.07) is 14.3. The smallest absolute Gasteiger partial charge is 0.373 e. The molecule has 1 atom stereocenters. The van der Waals surface area contributed by atoms with Crippen LogP contribution in [0.15, 0.2) is 60.7 Å². The van der Waals surface area contributed by atoms with Gasteiger partial charge in [-0.1, -0.05) is 36.4 Å². The maximum absolute atomic E-state index is 13.3. The van der Waals surface area contributed by atoms with E-state index in [1.54, 1.807) is 12.1 Å². The summed E-state index contributed by atoms with van der Waals surface area (Å²) in [6.07, 6.45) is -4.86. The van der Waals surface area contributed by atoms with Crippen LogP contribution >= 0.6 is 0 Å². The van der Waals surface area contributed by atoms with Gasteiger partial charge in [-0.2, -0.15) is 13.2 Å². The summed E-state index contributed by atoms with van der Waals surface area (Å²) in [5, 5.41) is 17.8. The van der Waals surface area contributed by atoms with Gasteiger partial charge in [0.25, 0.3) is 5.69 Å². The Morgan fingerprint density at radius 1 is 1.03 bits per heavy atom. The lowest BCUT2D eigenvalue weighted by Gasteiger charge is -2.19. The Morgan fingerprint density at radius 3 is 2.41 bits per heavy atom. The minimum absolute atomic E-state index is 0.401. The fourth-order valence-corrected chi connectivity index (χ4v) is 2.88. The molecule has 0 aliphatic heterocycles. The number of fused-ring (bicyclic) bond motifs is 1. The molecule has 0 radical (unpaired) electrons. The first-order valence-electron chi connectivity index (χ1n) is 8.57. The topological polar surface area (TPSA) is 84.3 Å². The summed E-state index contributed by atoms with van der Waals surface area (Å²) in [6.45, 7) is 1.51. The van der Waals surface area contributed by atoms with Crippen molar-refractivity contribution >= 4 is 33.7 Å². The second-order valence-electron chi connectivity index (χ2n) is 6.37. The Morgan fingerprint density at radius 2 is 1.72 bits per heavy atom. The number of nitrogens with zero attached hydrogens (tertiary/aromatic N) is 1. The first-order valence-corrected chi connectivity index (χ1v) is 8.57. The number of halogens is 3. The van der Waals surface area contributed by atoms with Gasteiger partial charge in [0.15, 0.2) is 0 Å². The Balaban J connectivity index is 1.83. The van der Waals surface area contributed by atoms with Crippen LogP contribution in [-0.2, 0) is 11.0 Å². The molecule has 0 aliphatic rings. The van der Waals surface area contributed by atoms with Gasteiger partial charge in [0.2, 0.25) is 5.91 Å². The van der Waals surface area contributed by atoms with E-state index in [2.05, 4.69) is 10.6 Å². The first-order chi connectivity index (χ1) is 13.7. The molecule has 29 heavy (non-hydrogen) atoms.